The van der Waals surface area contributed by atoms with Gasteiger partial charge in [0.05, 0.1) is 12.9 Å². The molecule has 3 unspecified atom stereocenters. The molecule has 7 atom stereocenters. The molecule has 3 heterocycles. The van der Waals surface area contributed by atoms with Crippen LogP contribution in [-0.2, 0) is 36.4 Å². The van der Waals surface area contributed by atoms with Gasteiger partial charge in [-0.15, -0.1) is 0 Å². The zero-order valence-electron chi connectivity index (χ0n) is 15.3. The van der Waals surface area contributed by atoms with Gasteiger partial charge in [0.25, 0.3) is 5.91 Å². The maximum absolute atomic E-state index is 11.8. The molecule has 0 aliphatic carbocycles. The van der Waals surface area contributed by atoms with Gasteiger partial charge in [0.1, 0.15) is 18.3 Å². The number of guanidine groups is 1. The van der Waals surface area contributed by atoms with Gasteiger partial charge in [0.2, 0.25) is 5.96 Å². The van der Waals surface area contributed by atoms with E-state index in [0.717, 1.165) is 11.2 Å². The van der Waals surface area contributed by atoms with E-state index in [-0.39, 0.29) is 11.8 Å². The number of amidine groups is 1. The average Bonchev–Trinajstić information content (AvgIpc) is 3.12. The highest BCUT2D eigenvalue weighted by Crippen LogP contribution is 2.66. The number of phosphoric ester groups is 1. The number of aliphatic hydroxyl groups excluding tert-OH is 2. The van der Waals surface area contributed by atoms with E-state index in [1.54, 1.807) is 0 Å². The molecule has 180 valence electrons. The highest BCUT2D eigenvalue weighted by Gasteiger charge is 2.50. The van der Waals surface area contributed by atoms with Crippen LogP contribution in [0.15, 0.2) is 15.0 Å². The Morgan fingerprint density at radius 3 is 2.34 bits per heavy atom. The number of rotatable bonds is 8. The summed E-state index contributed by atoms with van der Waals surface area (Å²) in [5.74, 6) is -1.18. The normalized spacial score (nSPS) is 34.0. The van der Waals surface area contributed by atoms with E-state index >= 15 is 0 Å². The number of carbonyl (C=O) groups excluding carboxylic acids is 1. The molecule has 1 fully saturated rings. The van der Waals surface area contributed by atoms with Gasteiger partial charge in [-0.05, 0) is 0 Å². The molecule has 1 saturated heterocycles. The SMILES string of the molecule is NC1=NC(=O)C2N=CN([C@@H]3O[C@H](COP(=O)(O)OP(=O)(O)OP(=O)(O)O)[C@@H](O)[C@H]3O)C2=N1. The third-order valence-electron chi connectivity index (χ3n) is 3.97. The molecule has 0 radical (unpaired) electrons. The summed E-state index contributed by atoms with van der Waals surface area (Å²) in [7, 11) is -16.8. The van der Waals surface area contributed by atoms with Crippen molar-refractivity contribution in [2.24, 2.45) is 20.7 Å². The van der Waals surface area contributed by atoms with Crippen LogP contribution in [-0.4, -0.2) is 95.9 Å². The minimum atomic E-state index is -5.73. The maximum Gasteiger partial charge on any atom is 0.490 e. The molecular weight excluding hydrogens is 507 g/mol. The lowest BCUT2D eigenvalue weighted by molar-refractivity contribution is -0.117. The Balaban J connectivity index is 1.65. The van der Waals surface area contributed by atoms with Gasteiger partial charge in [-0.3, -0.25) is 19.2 Å². The largest absolute Gasteiger partial charge is 0.490 e. The number of ether oxygens (including phenoxy) is 1. The first-order valence-electron chi connectivity index (χ1n) is 8.17. The van der Waals surface area contributed by atoms with Gasteiger partial charge in [-0.1, -0.05) is 0 Å². The first-order chi connectivity index (χ1) is 14.6. The van der Waals surface area contributed by atoms with Crippen molar-refractivity contribution in [1.29, 1.82) is 0 Å². The van der Waals surface area contributed by atoms with Crippen molar-refractivity contribution in [3.8, 4) is 0 Å². The number of nitrogens with zero attached hydrogens (tertiary/aromatic N) is 4. The number of hydrogen-bond donors (Lipinski definition) is 7. The highest BCUT2D eigenvalue weighted by atomic mass is 31.3. The number of carbonyl (C=O) groups is 1. The maximum atomic E-state index is 11.8. The van der Waals surface area contributed by atoms with E-state index in [1.165, 1.54) is 0 Å². The smallest absolute Gasteiger partial charge is 0.387 e. The van der Waals surface area contributed by atoms with Gasteiger partial charge < -0.3 is 40.3 Å². The van der Waals surface area contributed by atoms with E-state index < -0.39 is 66.6 Å². The fourth-order valence-corrected chi connectivity index (χ4v) is 5.81. The van der Waals surface area contributed by atoms with Gasteiger partial charge in [0, 0.05) is 0 Å². The Labute approximate surface area is 177 Å². The molecule has 0 bridgehead atoms. The summed E-state index contributed by atoms with van der Waals surface area (Å²) >= 11 is 0. The van der Waals surface area contributed by atoms with E-state index in [4.69, 9.17) is 25.2 Å². The quantitative estimate of drug-likeness (QED) is 0.154. The number of amides is 1. The minimum Gasteiger partial charge on any atom is -0.387 e. The standard InChI is InChI=1S/C10H16N5O14P3/c11-10-13-7-4(8(18)14-10)12-2-15(7)9-6(17)5(16)3(27-9)1-26-31(22,23)29-32(24,25)28-30(19,20)21/h2-6,9,16-17H,1H2,(H,22,23)(H,24,25)(H2,11,14,18)(H2,19,20,21)/t3-,4?,5-,6-,9-/m1/s1. The van der Waals surface area contributed by atoms with Crippen LogP contribution < -0.4 is 5.73 Å². The molecule has 0 saturated carbocycles. The lowest BCUT2D eigenvalue weighted by Gasteiger charge is -2.27. The second-order valence-electron chi connectivity index (χ2n) is 6.29. The fraction of sp³-hybridized carbons (Fsp3) is 0.600. The summed E-state index contributed by atoms with van der Waals surface area (Å²) in [4.78, 5) is 59.6. The van der Waals surface area contributed by atoms with Crippen LogP contribution in [0.3, 0.4) is 0 Å². The van der Waals surface area contributed by atoms with Gasteiger partial charge in [-0.25, -0.2) is 13.7 Å². The molecule has 32 heavy (non-hydrogen) atoms. The van der Waals surface area contributed by atoms with Gasteiger partial charge in [-0.2, -0.15) is 18.6 Å². The predicted octanol–water partition coefficient (Wildman–Crippen LogP) is -3.26. The van der Waals surface area contributed by atoms with Crippen LogP contribution in [0.25, 0.3) is 0 Å². The number of phosphoric acid groups is 3. The van der Waals surface area contributed by atoms with Crippen LogP contribution in [0.4, 0.5) is 0 Å². The lowest BCUT2D eigenvalue weighted by atomic mass is 10.1. The van der Waals surface area contributed by atoms with Crippen LogP contribution in [0.5, 0.6) is 0 Å². The van der Waals surface area contributed by atoms with E-state index in [1.807, 2.05) is 0 Å². The summed E-state index contributed by atoms with van der Waals surface area (Å²) in [6.07, 6.45) is -5.30. The molecule has 8 N–H and O–H groups in total. The highest BCUT2D eigenvalue weighted by molar-refractivity contribution is 7.66. The Kier molecular flexibility index (Phi) is 6.88. The molecule has 22 heteroatoms. The molecule has 3 aliphatic rings. The molecule has 19 nitrogen and oxygen atoms in total. The number of nitrogens with two attached hydrogens (primary N) is 1. The molecule has 0 aromatic carbocycles. The van der Waals surface area contributed by atoms with Crippen molar-refractivity contribution in [2.75, 3.05) is 6.61 Å². The Bertz CT molecular complexity index is 1020. The van der Waals surface area contributed by atoms with E-state index in [0.29, 0.717) is 0 Å². The Hall–Kier alpha value is -1.43. The van der Waals surface area contributed by atoms with Crippen molar-refractivity contribution in [3.05, 3.63) is 0 Å². The minimum absolute atomic E-state index is 0.0627. The molecule has 3 rings (SSSR count). The van der Waals surface area contributed by atoms with Crippen molar-refractivity contribution < 1.29 is 66.2 Å². The van der Waals surface area contributed by atoms with Crippen LogP contribution in [0.2, 0.25) is 0 Å². The summed E-state index contributed by atoms with van der Waals surface area (Å²) in [6, 6.07) is -1.15. The molecule has 0 aromatic heterocycles. The molecular formula is C10H16N5O14P3. The number of aliphatic hydroxyl groups is 2. The second-order valence-corrected chi connectivity index (χ2v) is 10.7. The molecule has 0 spiro atoms. The van der Waals surface area contributed by atoms with E-state index in [2.05, 4.69) is 28.1 Å². The van der Waals surface area contributed by atoms with Crippen molar-refractivity contribution in [2.45, 2.75) is 30.6 Å². The zero-order valence-corrected chi connectivity index (χ0v) is 18.0. The van der Waals surface area contributed by atoms with Gasteiger partial charge in [0.15, 0.2) is 18.1 Å². The second kappa shape index (κ2) is 8.73. The van der Waals surface area contributed by atoms with Crippen molar-refractivity contribution in [1.82, 2.24) is 4.90 Å². The number of aliphatic imine (C=N–C) groups is 3. The number of hydrogen-bond acceptors (Lipinski definition) is 14. The molecule has 0 aromatic rings. The summed E-state index contributed by atoms with van der Waals surface area (Å²) in [5, 5.41) is 20.4. The first kappa shape index (κ1) is 25.2. The van der Waals surface area contributed by atoms with Crippen molar-refractivity contribution in [3.63, 3.8) is 0 Å². The van der Waals surface area contributed by atoms with Crippen LogP contribution in [0, 0.1) is 0 Å². The first-order valence-corrected chi connectivity index (χ1v) is 12.7. The van der Waals surface area contributed by atoms with Gasteiger partial charge >= 0.3 is 23.5 Å². The third-order valence-corrected chi connectivity index (χ3v) is 7.77. The van der Waals surface area contributed by atoms with E-state index in [9.17, 15) is 33.6 Å². The average molecular weight is 523 g/mol. The van der Waals surface area contributed by atoms with Crippen LogP contribution in [0.1, 0.15) is 0 Å². The summed E-state index contributed by atoms with van der Waals surface area (Å²) in [6.45, 7) is -1.01. The Morgan fingerprint density at radius 2 is 1.72 bits per heavy atom. The van der Waals surface area contributed by atoms with Crippen LogP contribution >= 0.6 is 23.5 Å². The third kappa shape index (κ3) is 5.73. The summed E-state index contributed by atoms with van der Waals surface area (Å²) in [5.41, 5.74) is 5.43. The van der Waals surface area contributed by atoms with Crippen molar-refractivity contribution >= 4 is 47.5 Å². The molecule has 1 amide bonds. The predicted molar refractivity (Wildman–Crippen MR) is 98.7 cm³/mol. The summed E-state index contributed by atoms with van der Waals surface area (Å²) < 4.78 is 50.6. The zero-order chi connectivity index (χ0) is 24.1. The Morgan fingerprint density at radius 1 is 1.06 bits per heavy atom. The number of fused-ring (bicyclic) bond motifs is 1. The monoisotopic (exact) mass is 523 g/mol. The lowest BCUT2D eigenvalue weighted by Crippen LogP contribution is -2.49. The topological polar surface area (TPSA) is 293 Å². The molecule has 3 aliphatic heterocycles. The fourth-order valence-electron chi connectivity index (χ4n) is 2.78.